The molecule has 0 radical (unpaired) electrons. The van der Waals surface area contributed by atoms with Crippen molar-refractivity contribution in [1.82, 2.24) is 0 Å². The van der Waals surface area contributed by atoms with E-state index in [1.807, 2.05) is 5.57 Å². The third-order valence-electron chi connectivity index (χ3n) is 9.15. The molecule has 3 fully saturated rings. The van der Waals surface area contributed by atoms with Gasteiger partial charge in [-0.1, -0.05) is 46.3 Å². The predicted molar refractivity (Wildman–Crippen MR) is 94.6 cm³/mol. The molecule has 0 aliphatic heterocycles. The second kappa shape index (κ2) is 4.87. The van der Waals surface area contributed by atoms with E-state index in [0.29, 0.717) is 10.8 Å². The fourth-order valence-corrected chi connectivity index (χ4v) is 7.46. The van der Waals surface area contributed by atoms with Crippen LogP contribution in [0.2, 0.25) is 0 Å². The summed E-state index contributed by atoms with van der Waals surface area (Å²) in [5, 5.41) is 0. The van der Waals surface area contributed by atoms with Crippen molar-refractivity contribution in [3.05, 3.63) is 11.6 Å². The zero-order chi connectivity index (χ0) is 15.7. The summed E-state index contributed by atoms with van der Waals surface area (Å²) in [5.41, 5.74) is 3.06. The van der Waals surface area contributed by atoms with E-state index in [0.717, 1.165) is 35.5 Å². The average molecular weight is 301 g/mol. The van der Waals surface area contributed by atoms with Gasteiger partial charge in [0, 0.05) is 0 Å². The first-order chi connectivity index (χ1) is 10.4. The van der Waals surface area contributed by atoms with Crippen molar-refractivity contribution in [2.75, 3.05) is 0 Å². The Hall–Kier alpha value is -0.260. The lowest BCUT2D eigenvalue weighted by Gasteiger charge is -2.59. The Kier molecular flexibility index (Phi) is 3.38. The van der Waals surface area contributed by atoms with Crippen molar-refractivity contribution in [1.29, 1.82) is 0 Å². The van der Waals surface area contributed by atoms with E-state index in [4.69, 9.17) is 0 Å². The Morgan fingerprint density at radius 3 is 2.45 bits per heavy atom. The lowest BCUT2D eigenvalue weighted by atomic mass is 9.45. The van der Waals surface area contributed by atoms with E-state index in [1.54, 1.807) is 0 Å². The second-order valence-electron chi connectivity index (χ2n) is 10.1. The molecule has 4 rings (SSSR count). The Labute approximate surface area is 138 Å². The maximum atomic E-state index is 2.76. The number of hydrogen-bond donors (Lipinski definition) is 0. The Morgan fingerprint density at radius 1 is 0.909 bits per heavy atom. The van der Waals surface area contributed by atoms with Crippen LogP contribution in [0, 0.1) is 46.3 Å². The highest BCUT2D eigenvalue weighted by molar-refractivity contribution is 5.26. The molecule has 4 aliphatic carbocycles. The van der Waals surface area contributed by atoms with Crippen LogP contribution in [-0.4, -0.2) is 0 Å². The first-order valence-electron chi connectivity index (χ1n) is 10.1. The maximum absolute atomic E-state index is 2.76. The molecule has 3 saturated carbocycles. The van der Waals surface area contributed by atoms with E-state index in [9.17, 15) is 0 Å². The molecular formula is C22H36. The lowest BCUT2D eigenvalue weighted by Crippen LogP contribution is -2.52. The molecule has 4 aliphatic rings. The standard InChI is InChI=1S/C22H36/c1-14-8-10-22(5)17(12-14)13-15(2)20-18-7-6-16(3)21(18,4)11-9-19(20)22/h13-16,18-20H,6-12H2,1-5H3/t14?,15-,16+,18?,19?,20?,21-,22+/m1/s1. The highest BCUT2D eigenvalue weighted by atomic mass is 14.6. The van der Waals surface area contributed by atoms with Gasteiger partial charge >= 0.3 is 0 Å². The molecule has 0 spiro atoms. The molecule has 124 valence electrons. The molecule has 0 aromatic rings. The van der Waals surface area contributed by atoms with Crippen LogP contribution < -0.4 is 0 Å². The Morgan fingerprint density at radius 2 is 1.68 bits per heavy atom. The van der Waals surface area contributed by atoms with Gasteiger partial charge in [0.15, 0.2) is 0 Å². The van der Waals surface area contributed by atoms with Crippen LogP contribution in [0.15, 0.2) is 11.6 Å². The van der Waals surface area contributed by atoms with E-state index < -0.39 is 0 Å². The van der Waals surface area contributed by atoms with Crippen LogP contribution in [-0.2, 0) is 0 Å². The minimum atomic E-state index is 0.552. The third kappa shape index (κ3) is 1.88. The van der Waals surface area contributed by atoms with Gasteiger partial charge < -0.3 is 0 Å². The molecule has 22 heavy (non-hydrogen) atoms. The van der Waals surface area contributed by atoms with Crippen LogP contribution in [0.4, 0.5) is 0 Å². The van der Waals surface area contributed by atoms with Gasteiger partial charge in [-0.15, -0.1) is 0 Å². The predicted octanol–water partition coefficient (Wildman–Crippen LogP) is 6.47. The minimum Gasteiger partial charge on any atom is -0.0816 e. The lowest BCUT2D eigenvalue weighted by molar-refractivity contribution is -0.0592. The number of allylic oxidation sites excluding steroid dienone is 2. The van der Waals surface area contributed by atoms with Crippen molar-refractivity contribution < 1.29 is 0 Å². The molecule has 0 amide bonds. The Balaban J connectivity index is 1.73. The van der Waals surface area contributed by atoms with Gasteiger partial charge in [0.2, 0.25) is 0 Å². The molecule has 0 nitrogen and oxygen atoms in total. The van der Waals surface area contributed by atoms with Gasteiger partial charge in [-0.2, -0.15) is 0 Å². The number of fused-ring (bicyclic) bond motifs is 5. The van der Waals surface area contributed by atoms with Crippen LogP contribution in [0.1, 0.15) is 79.6 Å². The third-order valence-corrected chi connectivity index (χ3v) is 9.15. The summed E-state index contributed by atoms with van der Waals surface area (Å²) in [7, 11) is 0. The molecule has 0 heterocycles. The summed E-state index contributed by atoms with van der Waals surface area (Å²) in [5.74, 6) is 5.67. The smallest absolute Gasteiger partial charge is 0.00849 e. The van der Waals surface area contributed by atoms with Crippen LogP contribution >= 0.6 is 0 Å². The zero-order valence-electron chi connectivity index (χ0n) is 15.5. The molecular weight excluding hydrogens is 264 g/mol. The Bertz CT molecular complexity index is 488. The van der Waals surface area contributed by atoms with Gasteiger partial charge in [0.05, 0.1) is 0 Å². The first-order valence-corrected chi connectivity index (χ1v) is 10.1. The van der Waals surface area contributed by atoms with E-state index >= 15 is 0 Å². The van der Waals surface area contributed by atoms with Crippen molar-refractivity contribution in [2.24, 2.45) is 46.3 Å². The number of rotatable bonds is 0. The molecule has 0 saturated heterocycles. The zero-order valence-corrected chi connectivity index (χ0v) is 15.5. The van der Waals surface area contributed by atoms with Crippen molar-refractivity contribution in [3.8, 4) is 0 Å². The van der Waals surface area contributed by atoms with E-state index in [2.05, 4.69) is 40.7 Å². The monoisotopic (exact) mass is 300 g/mol. The summed E-state index contributed by atoms with van der Waals surface area (Å²) >= 11 is 0. The average Bonchev–Trinajstić information content (AvgIpc) is 2.77. The summed E-state index contributed by atoms with van der Waals surface area (Å²) in [6.07, 6.45) is 13.1. The van der Waals surface area contributed by atoms with Gasteiger partial charge in [-0.25, -0.2) is 0 Å². The summed E-state index contributed by atoms with van der Waals surface area (Å²) in [6, 6.07) is 0. The van der Waals surface area contributed by atoms with Gasteiger partial charge in [-0.05, 0) is 91.3 Å². The van der Waals surface area contributed by atoms with Crippen molar-refractivity contribution in [3.63, 3.8) is 0 Å². The molecule has 0 N–H and O–H groups in total. The van der Waals surface area contributed by atoms with Crippen molar-refractivity contribution in [2.45, 2.75) is 79.6 Å². The van der Waals surface area contributed by atoms with Gasteiger partial charge in [0.1, 0.15) is 0 Å². The van der Waals surface area contributed by atoms with Gasteiger partial charge in [-0.3, -0.25) is 0 Å². The second-order valence-corrected chi connectivity index (χ2v) is 10.1. The van der Waals surface area contributed by atoms with Crippen LogP contribution in [0.5, 0.6) is 0 Å². The molecule has 4 unspecified atom stereocenters. The van der Waals surface area contributed by atoms with E-state index in [-0.39, 0.29) is 0 Å². The van der Waals surface area contributed by atoms with Crippen molar-refractivity contribution >= 4 is 0 Å². The fourth-order valence-electron chi connectivity index (χ4n) is 7.46. The minimum absolute atomic E-state index is 0.552. The number of hydrogen-bond acceptors (Lipinski definition) is 0. The topological polar surface area (TPSA) is 0 Å². The summed E-state index contributed by atoms with van der Waals surface area (Å²) < 4.78 is 0. The molecule has 8 atom stereocenters. The maximum Gasteiger partial charge on any atom is -0.00849 e. The molecule has 0 bridgehead atoms. The molecule has 0 heteroatoms. The normalized spacial score (nSPS) is 57.6. The van der Waals surface area contributed by atoms with E-state index in [1.165, 1.54) is 44.9 Å². The SMILES string of the molecule is CC1CC[C@@]2(C)C(=C[C@@H](C)C3C2CC[C@@]2(C)C3CC[C@@H]2C)C1. The van der Waals surface area contributed by atoms with Gasteiger partial charge in [0.25, 0.3) is 0 Å². The molecule has 0 aromatic carbocycles. The highest BCUT2D eigenvalue weighted by Crippen LogP contribution is 2.67. The fraction of sp³-hybridized carbons (Fsp3) is 0.909. The van der Waals surface area contributed by atoms with Crippen LogP contribution in [0.25, 0.3) is 0 Å². The largest absolute Gasteiger partial charge is 0.0816 e. The molecule has 0 aromatic heterocycles. The quantitative estimate of drug-likeness (QED) is 0.450. The summed E-state index contributed by atoms with van der Waals surface area (Å²) in [6.45, 7) is 12.9. The van der Waals surface area contributed by atoms with Crippen LogP contribution in [0.3, 0.4) is 0 Å². The summed E-state index contributed by atoms with van der Waals surface area (Å²) in [4.78, 5) is 0. The highest BCUT2D eigenvalue weighted by Gasteiger charge is 2.58. The first kappa shape index (κ1) is 15.3.